The van der Waals surface area contributed by atoms with Crippen molar-refractivity contribution in [1.82, 2.24) is 10.6 Å². The van der Waals surface area contributed by atoms with Crippen molar-refractivity contribution in [3.05, 3.63) is 12.2 Å². The molecule has 2 amide bonds. The summed E-state index contributed by atoms with van der Waals surface area (Å²) in [5, 5.41) is 5.82. The molecule has 94 valence electrons. The maximum Gasteiger partial charge on any atom is 0.315 e. The van der Waals surface area contributed by atoms with Crippen molar-refractivity contribution in [3.8, 4) is 0 Å². The molecule has 1 saturated carbocycles. The molecule has 0 heterocycles. The van der Waals surface area contributed by atoms with Gasteiger partial charge in [-0.05, 0) is 12.8 Å². The largest absolute Gasteiger partial charge is 0.335 e. The van der Waals surface area contributed by atoms with Gasteiger partial charge in [0.05, 0.1) is 6.04 Å². The van der Waals surface area contributed by atoms with Gasteiger partial charge in [-0.1, -0.05) is 31.4 Å². The Labute approximate surface area is 102 Å². The van der Waals surface area contributed by atoms with Crippen molar-refractivity contribution in [2.75, 3.05) is 0 Å². The molecular weight excluding hydrogens is 216 g/mol. The summed E-state index contributed by atoms with van der Waals surface area (Å²) in [7, 11) is 0. The van der Waals surface area contributed by atoms with Gasteiger partial charge in [-0.15, -0.1) is 0 Å². The molecule has 1 atom stereocenters. The first-order valence-electron chi connectivity index (χ1n) is 6.49. The standard InChI is InChI=1S/C13H20N2O2/c16-12-8-4-7-11(9-12)15-13(17)14-10-5-2-1-3-6-10/h4,7,10-11H,1-3,5-6,8-9H2,(H2,14,15,17). The Morgan fingerprint density at radius 3 is 2.65 bits per heavy atom. The number of allylic oxidation sites excluding steroid dienone is 1. The summed E-state index contributed by atoms with van der Waals surface area (Å²) < 4.78 is 0. The quantitative estimate of drug-likeness (QED) is 0.719. The highest BCUT2D eigenvalue weighted by molar-refractivity contribution is 5.83. The van der Waals surface area contributed by atoms with E-state index < -0.39 is 0 Å². The van der Waals surface area contributed by atoms with Crippen LogP contribution in [0.5, 0.6) is 0 Å². The van der Waals surface area contributed by atoms with E-state index >= 15 is 0 Å². The number of Topliss-reactive ketones (excluding diaryl/α,β-unsaturated/α-hetero) is 1. The number of hydrogen-bond donors (Lipinski definition) is 2. The Kier molecular flexibility index (Phi) is 4.18. The second kappa shape index (κ2) is 5.84. The van der Waals surface area contributed by atoms with Gasteiger partial charge in [0.1, 0.15) is 5.78 Å². The minimum atomic E-state index is -0.138. The van der Waals surface area contributed by atoms with E-state index in [2.05, 4.69) is 10.6 Å². The van der Waals surface area contributed by atoms with Gasteiger partial charge in [0.15, 0.2) is 0 Å². The van der Waals surface area contributed by atoms with E-state index in [4.69, 9.17) is 0 Å². The normalized spacial score (nSPS) is 25.6. The zero-order valence-electron chi connectivity index (χ0n) is 10.1. The molecule has 1 unspecified atom stereocenters. The first kappa shape index (κ1) is 12.1. The molecule has 0 bridgehead atoms. The van der Waals surface area contributed by atoms with Crippen molar-refractivity contribution in [1.29, 1.82) is 0 Å². The molecule has 0 spiro atoms. The van der Waals surface area contributed by atoms with Crippen LogP contribution >= 0.6 is 0 Å². The SMILES string of the molecule is O=C1CC=CC(NC(=O)NC2CCCCC2)C1. The lowest BCUT2D eigenvalue weighted by Crippen LogP contribution is -2.47. The highest BCUT2D eigenvalue weighted by Crippen LogP contribution is 2.17. The fraction of sp³-hybridized carbons (Fsp3) is 0.692. The van der Waals surface area contributed by atoms with E-state index in [1.807, 2.05) is 12.2 Å². The van der Waals surface area contributed by atoms with Gasteiger partial charge in [-0.2, -0.15) is 0 Å². The van der Waals surface area contributed by atoms with Gasteiger partial charge in [-0.25, -0.2) is 4.79 Å². The van der Waals surface area contributed by atoms with Gasteiger partial charge in [0, 0.05) is 18.9 Å². The molecule has 2 aliphatic carbocycles. The Bertz CT molecular complexity index is 319. The Morgan fingerprint density at radius 1 is 1.18 bits per heavy atom. The van der Waals surface area contributed by atoms with Crippen LogP contribution in [0.2, 0.25) is 0 Å². The lowest BCUT2D eigenvalue weighted by Gasteiger charge is -2.24. The highest BCUT2D eigenvalue weighted by Gasteiger charge is 2.19. The smallest absolute Gasteiger partial charge is 0.315 e. The van der Waals surface area contributed by atoms with Gasteiger partial charge in [-0.3, -0.25) is 4.79 Å². The third-order valence-corrected chi connectivity index (χ3v) is 3.42. The molecule has 1 fully saturated rings. The second-order valence-corrected chi connectivity index (χ2v) is 4.93. The lowest BCUT2D eigenvalue weighted by molar-refractivity contribution is -0.118. The Balaban J connectivity index is 1.74. The topological polar surface area (TPSA) is 58.2 Å². The van der Waals surface area contributed by atoms with Gasteiger partial charge < -0.3 is 10.6 Å². The summed E-state index contributed by atoms with van der Waals surface area (Å²) in [6, 6.07) is 0.0492. The number of carbonyl (C=O) groups is 2. The van der Waals surface area contributed by atoms with Crippen LogP contribution in [0.25, 0.3) is 0 Å². The predicted molar refractivity (Wildman–Crippen MR) is 65.7 cm³/mol. The number of amides is 2. The van der Waals surface area contributed by atoms with Crippen LogP contribution in [0.15, 0.2) is 12.2 Å². The summed E-state index contributed by atoms with van der Waals surface area (Å²) >= 11 is 0. The fourth-order valence-corrected chi connectivity index (χ4v) is 2.50. The van der Waals surface area contributed by atoms with Crippen molar-refractivity contribution < 1.29 is 9.59 Å². The van der Waals surface area contributed by atoms with Gasteiger partial charge >= 0.3 is 6.03 Å². The number of ketones is 1. The molecule has 0 saturated heterocycles. The average molecular weight is 236 g/mol. The minimum absolute atomic E-state index is 0.125. The number of rotatable bonds is 2. The third kappa shape index (κ3) is 3.88. The van der Waals surface area contributed by atoms with E-state index in [0.29, 0.717) is 18.9 Å². The van der Waals surface area contributed by atoms with Crippen LogP contribution in [0.3, 0.4) is 0 Å². The van der Waals surface area contributed by atoms with Crippen LogP contribution in [0.1, 0.15) is 44.9 Å². The van der Waals surface area contributed by atoms with Crippen molar-refractivity contribution in [3.63, 3.8) is 0 Å². The first-order valence-corrected chi connectivity index (χ1v) is 6.49. The third-order valence-electron chi connectivity index (χ3n) is 3.42. The number of carbonyl (C=O) groups excluding carboxylic acids is 2. The highest BCUT2D eigenvalue weighted by atomic mass is 16.2. The number of hydrogen-bond acceptors (Lipinski definition) is 2. The van der Waals surface area contributed by atoms with Gasteiger partial charge in [0.2, 0.25) is 0 Å². The summed E-state index contributed by atoms with van der Waals surface area (Å²) in [6.45, 7) is 0. The van der Waals surface area contributed by atoms with Crippen LogP contribution in [0.4, 0.5) is 4.79 Å². The summed E-state index contributed by atoms with van der Waals surface area (Å²) in [6.07, 6.45) is 10.5. The van der Waals surface area contributed by atoms with E-state index in [0.717, 1.165) is 12.8 Å². The first-order chi connectivity index (χ1) is 8.24. The van der Waals surface area contributed by atoms with E-state index in [1.54, 1.807) is 0 Å². The molecule has 0 aromatic rings. The summed E-state index contributed by atoms with van der Waals surface area (Å²) in [5.74, 6) is 0.190. The molecule has 2 rings (SSSR count). The zero-order chi connectivity index (χ0) is 12.1. The second-order valence-electron chi connectivity index (χ2n) is 4.93. The van der Waals surface area contributed by atoms with Crippen LogP contribution in [-0.2, 0) is 4.79 Å². The number of nitrogens with one attached hydrogen (secondary N) is 2. The molecule has 2 N–H and O–H groups in total. The molecule has 4 nitrogen and oxygen atoms in total. The molecule has 0 radical (unpaired) electrons. The lowest BCUT2D eigenvalue weighted by atomic mass is 9.96. The Hall–Kier alpha value is -1.32. The maximum absolute atomic E-state index is 11.7. The van der Waals surface area contributed by atoms with E-state index in [9.17, 15) is 9.59 Å². The molecule has 17 heavy (non-hydrogen) atoms. The van der Waals surface area contributed by atoms with E-state index in [-0.39, 0.29) is 17.9 Å². The maximum atomic E-state index is 11.7. The monoisotopic (exact) mass is 236 g/mol. The number of urea groups is 1. The molecule has 0 aliphatic heterocycles. The molecule has 4 heteroatoms. The molecule has 0 aromatic carbocycles. The minimum Gasteiger partial charge on any atom is -0.335 e. The van der Waals surface area contributed by atoms with Crippen molar-refractivity contribution in [2.24, 2.45) is 0 Å². The summed E-state index contributed by atoms with van der Waals surface area (Å²) in [4.78, 5) is 22.9. The molecular formula is C13H20N2O2. The molecule has 0 aromatic heterocycles. The van der Waals surface area contributed by atoms with Crippen LogP contribution < -0.4 is 10.6 Å². The van der Waals surface area contributed by atoms with Crippen LogP contribution in [-0.4, -0.2) is 23.9 Å². The summed E-state index contributed by atoms with van der Waals surface area (Å²) in [5.41, 5.74) is 0. The Morgan fingerprint density at radius 2 is 1.94 bits per heavy atom. The van der Waals surface area contributed by atoms with E-state index in [1.165, 1.54) is 19.3 Å². The van der Waals surface area contributed by atoms with Crippen molar-refractivity contribution >= 4 is 11.8 Å². The average Bonchev–Trinajstić information content (AvgIpc) is 2.30. The van der Waals surface area contributed by atoms with Gasteiger partial charge in [0.25, 0.3) is 0 Å². The van der Waals surface area contributed by atoms with Crippen molar-refractivity contribution in [2.45, 2.75) is 57.0 Å². The zero-order valence-corrected chi connectivity index (χ0v) is 10.1. The molecule has 2 aliphatic rings. The van der Waals surface area contributed by atoms with Crippen LogP contribution in [0, 0.1) is 0 Å². The fourth-order valence-electron chi connectivity index (χ4n) is 2.50. The predicted octanol–water partition coefficient (Wildman–Crippen LogP) is 1.91.